The highest BCUT2D eigenvalue weighted by atomic mass is 35.5. The van der Waals surface area contributed by atoms with Gasteiger partial charge in [0.25, 0.3) is 10.0 Å². The highest BCUT2D eigenvalue weighted by Crippen LogP contribution is 2.34. The molecule has 1 fully saturated rings. The van der Waals surface area contributed by atoms with Crippen LogP contribution in [0.1, 0.15) is 18.4 Å². The summed E-state index contributed by atoms with van der Waals surface area (Å²) in [5.74, 6) is -0.601. The molecule has 1 aromatic carbocycles. The van der Waals surface area contributed by atoms with Gasteiger partial charge >= 0.3 is 0 Å². The smallest absolute Gasteiger partial charge is 0.252 e. The second kappa shape index (κ2) is 9.71. The normalized spacial score (nSPS) is 17.1. The van der Waals surface area contributed by atoms with Gasteiger partial charge in [-0.3, -0.25) is 14.7 Å². The number of pyridine rings is 1. The Hall–Kier alpha value is -2.37. The van der Waals surface area contributed by atoms with E-state index in [1.54, 1.807) is 40.9 Å². The monoisotopic (exact) mass is 532 g/mol. The molecule has 1 atom stereocenters. The second-order valence-electron chi connectivity index (χ2n) is 8.03. The molecule has 34 heavy (non-hydrogen) atoms. The number of piperidine rings is 1. The maximum atomic E-state index is 13.8. The third kappa shape index (κ3) is 4.73. The van der Waals surface area contributed by atoms with Crippen LogP contribution in [-0.4, -0.2) is 41.7 Å². The molecule has 1 amide bonds. The van der Waals surface area contributed by atoms with Crippen LogP contribution in [0.15, 0.2) is 64.4 Å². The third-order valence-corrected chi connectivity index (χ3v) is 10.2. The lowest BCUT2D eigenvalue weighted by Gasteiger charge is -2.33. The number of thiazole rings is 1. The van der Waals surface area contributed by atoms with Crippen molar-refractivity contribution in [2.75, 3.05) is 18.0 Å². The molecule has 0 spiro atoms. The van der Waals surface area contributed by atoms with Crippen molar-refractivity contribution < 1.29 is 13.2 Å². The molecule has 0 aliphatic carbocycles. The van der Waals surface area contributed by atoms with Gasteiger partial charge in [0.05, 0.1) is 22.7 Å². The number of carbonyl (C=O) groups excluding carboxylic acids is 1. The van der Waals surface area contributed by atoms with E-state index < -0.39 is 15.9 Å². The zero-order valence-electron chi connectivity index (χ0n) is 18.0. The molecule has 0 radical (unpaired) electrons. The Bertz CT molecular complexity index is 1410. The number of fused-ring (bicyclic) bond motifs is 1. The van der Waals surface area contributed by atoms with Crippen molar-refractivity contribution in [3.63, 3.8) is 0 Å². The number of amides is 1. The quantitative estimate of drug-likeness (QED) is 0.347. The maximum Gasteiger partial charge on any atom is 0.252 e. The molecule has 0 saturated carbocycles. The zero-order chi connectivity index (χ0) is 23.7. The van der Waals surface area contributed by atoms with Crippen LogP contribution >= 0.6 is 34.3 Å². The van der Waals surface area contributed by atoms with Crippen LogP contribution in [-0.2, 0) is 21.4 Å². The molecular weight excluding hydrogens is 512 g/mol. The van der Waals surface area contributed by atoms with Crippen molar-refractivity contribution in [1.29, 1.82) is 0 Å². The van der Waals surface area contributed by atoms with Crippen LogP contribution < -0.4 is 4.90 Å². The zero-order valence-corrected chi connectivity index (χ0v) is 21.2. The van der Waals surface area contributed by atoms with E-state index in [1.165, 1.54) is 27.0 Å². The van der Waals surface area contributed by atoms with Crippen molar-refractivity contribution >= 4 is 65.6 Å². The van der Waals surface area contributed by atoms with Gasteiger partial charge < -0.3 is 0 Å². The summed E-state index contributed by atoms with van der Waals surface area (Å²) in [7, 11) is -3.62. The first-order valence-electron chi connectivity index (χ1n) is 10.7. The first-order valence-corrected chi connectivity index (χ1v) is 14.2. The Morgan fingerprint density at radius 3 is 2.88 bits per heavy atom. The largest absolute Gasteiger partial charge is 0.283 e. The summed E-state index contributed by atoms with van der Waals surface area (Å²) in [4.78, 5) is 24.3. The van der Waals surface area contributed by atoms with Gasteiger partial charge in [-0.15, -0.1) is 11.3 Å². The fraction of sp³-hybridized carbons (Fsp3) is 0.261. The fourth-order valence-corrected chi connectivity index (χ4v) is 7.95. The van der Waals surface area contributed by atoms with Crippen LogP contribution in [0.3, 0.4) is 0 Å². The summed E-state index contributed by atoms with van der Waals surface area (Å²) < 4.78 is 28.8. The van der Waals surface area contributed by atoms with Crippen molar-refractivity contribution in [3.8, 4) is 0 Å². The number of nitrogens with zero attached hydrogens (tertiary/aromatic N) is 4. The number of benzene rings is 1. The minimum absolute atomic E-state index is 0.139. The van der Waals surface area contributed by atoms with Crippen LogP contribution in [0.4, 0.5) is 5.13 Å². The molecule has 176 valence electrons. The number of halogens is 1. The Labute approximate surface area is 210 Å². The van der Waals surface area contributed by atoms with Gasteiger partial charge in [0.15, 0.2) is 5.13 Å². The van der Waals surface area contributed by atoms with Gasteiger partial charge in [-0.25, -0.2) is 13.4 Å². The molecule has 4 aromatic rings. The van der Waals surface area contributed by atoms with E-state index in [2.05, 4.69) is 9.97 Å². The lowest BCUT2D eigenvalue weighted by atomic mass is 9.98. The Balaban J connectivity index is 1.46. The number of hydrogen-bond donors (Lipinski definition) is 0. The third-order valence-electron chi connectivity index (χ3n) is 5.72. The van der Waals surface area contributed by atoms with E-state index in [-0.39, 0.29) is 12.5 Å². The van der Waals surface area contributed by atoms with Gasteiger partial charge in [0, 0.05) is 30.5 Å². The van der Waals surface area contributed by atoms with Gasteiger partial charge in [-0.2, -0.15) is 4.31 Å². The van der Waals surface area contributed by atoms with Crippen LogP contribution in [0.2, 0.25) is 5.02 Å². The van der Waals surface area contributed by atoms with Crippen LogP contribution in [0, 0.1) is 5.92 Å². The fourth-order valence-electron chi connectivity index (χ4n) is 4.04. The van der Waals surface area contributed by atoms with E-state index in [0.717, 1.165) is 15.8 Å². The van der Waals surface area contributed by atoms with Crippen molar-refractivity contribution in [3.05, 3.63) is 70.8 Å². The molecule has 1 aliphatic rings. The number of anilines is 1. The van der Waals surface area contributed by atoms with Crippen LogP contribution in [0.5, 0.6) is 0 Å². The predicted octanol–water partition coefficient (Wildman–Crippen LogP) is 5.04. The average Bonchev–Trinajstić information content (AvgIpc) is 3.53. The standard InChI is InChI=1S/C23H21ClN4O3S3/c24-18-7-8-19-20(12-18)33-23(26-19)28(14-16-4-1-9-25-13-16)22(29)17-5-2-10-27(15-17)34(30,31)21-6-3-11-32-21/h1,3-4,6-9,11-13,17H,2,5,10,14-15H2. The molecule has 5 rings (SSSR count). The van der Waals surface area contributed by atoms with Crippen molar-refractivity contribution in [1.82, 2.24) is 14.3 Å². The Kier molecular flexibility index (Phi) is 6.67. The van der Waals surface area contributed by atoms with Gasteiger partial charge in [-0.1, -0.05) is 35.1 Å². The predicted molar refractivity (Wildman–Crippen MR) is 136 cm³/mol. The highest BCUT2D eigenvalue weighted by Gasteiger charge is 2.36. The number of aromatic nitrogens is 2. The van der Waals surface area contributed by atoms with Gasteiger partial charge in [0.2, 0.25) is 5.91 Å². The SMILES string of the molecule is O=C(C1CCCN(S(=O)(=O)c2cccs2)C1)N(Cc1cccnc1)c1nc2ccc(Cl)cc2s1. The molecule has 0 N–H and O–H groups in total. The van der Waals surface area contributed by atoms with E-state index in [1.807, 2.05) is 24.3 Å². The number of thiophene rings is 1. The lowest BCUT2D eigenvalue weighted by Crippen LogP contribution is -2.46. The molecule has 1 saturated heterocycles. The molecule has 1 aliphatic heterocycles. The van der Waals surface area contributed by atoms with Crippen molar-refractivity contribution in [2.45, 2.75) is 23.6 Å². The van der Waals surface area contributed by atoms with E-state index >= 15 is 0 Å². The number of carbonyl (C=O) groups is 1. The molecule has 1 unspecified atom stereocenters. The molecule has 11 heteroatoms. The summed E-state index contributed by atoms with van der Waals surface area (Å²) in [6.45, 7) is 0.861. The first-order chi connectivity index (χ1) is 16.4. The lowest BCUT2D eigenvalue weighted by molar-refractivity contribution is -0.123. The minimum Gasteiger partial charge on any atom is -0.283 e. The number of hydrogen-bond acceptors (Lipinski definition) is 7. The molecular formula is C23H21ClN4O3S3. The summed E-state index contributed by atoms with van der Waals surface area (Å²) in [6, 6.07) is 12.5. The maximum absolute atomic E-state index is 13.8. The number of sulfonamides is 1. The van der Waals surface area contributed by atoms with Crippen molar-refractivity contribution in [2.24, 2.45) is 5.92 Å². The molecule has 7 nitrogen and oxygen atoms in total. The molecule has 0 bridgehead atoms. The highest BCUT2D eigenvalue weighted by molar-refractivity contribution is 7.91. The Morgan fingerprint density at radius 1 is 1.24 bits per heavy atom. The minimum atomic E-state index is -3.62. The second-order valence-corrected chi connectivity index (χ2v) is 12.6. The summed E-state index contributed by atoms with van der Waals surface area (Å²) in [6.07, 6.45) is 4.65. The Morgan fingerprint density at radius 2 is 2.12 bits per heavy atom. The van der Waals surface area contributed by atoms with Gasteiger partial charge in [-0.05, 0) is 54.1 Å². The van der Waals surface area contributed by atoms with E-state index in [4.69, 9.17) is 11.6 Å². The average molecular weight is 533 g/mol. The van der Waals surface area contributed by atoms with Crippen LogP contribution in [0.25, 0.3) is 10.2 Å². The molecule has 3 aromatic heterocycles. The van der Waals surface area contributed by atoms with E-state index in [9.17, 15) is 13.2 Å². The van der Waals surface area contributed by atoms with Gasteiger partial charge in [0.1, 0.15) is 4.21 Å². The molecule has 4 heterocycles. The number of rotatable bonds is 6. The first kappa shape index (κ1) is 23.4. The topological polar surface area (TPSA) is 83.5 Å². The van der Waals surface area contributed by atoms with E-state index in [0.29, 0.717) is 40.3 Å². The summed E-state index contributed by atoms with van der Waals surface area (Å²) in [5.41, 5.74) is 1.63. The summed E-state index contributed by atoms with van der Waals surface area (Å²) in [5, 5.41) is 2.91. The summed E-state index contributed by atoms with van der Waals surface area (Å²) >= 11 is 8.74.